The molecule has 0 unspecified atom stereocenters. The second kappa shape index (κ2) is 4.10. The van der Waals surface area contributed by atoms with Gasteiger partial charge in [-0.25, -0.2) is 0 Å². The topological polar surface area (TPSA) is 48.4 Å². The van der Waals surface area contributed by atoms with E-state index in [4.69, 9.17) is 17.1 Å². The summed E-state index contributed by atoms with van der Waals surface area (Å²) in [5, 5.41) is 3.79. The Bertz CT molecular complexity index is 285. The third kappa shape index (κ3) is 1.97. The fourth-order valence-corrected chi connectivity index (χ4v) is 1.26. The van der Waals surface area contributed by atoms with E-state index in [2.05, 4.69) is 10.1 Å². The van der Waals surface area contributed by atoms with Gasteiger partial charge in [-0.2, -0.15) is 4.79 Å². The second-order valence-electron chi connectivity index (χ2n) is 2.45. The van der Waals surface area contributed by atoms with Crippen LogP contribution in [0.4, 0.5) is 0 Å². The zero-order valence-corrected chi connectivity index (χ0v) is 7.60. The number of nitrogens with zero attached hydrogens (tertiary/aromatic N) is 2. The van der Waals surface area contributed by atoms with Crippen LogP contribution in [-0.4, -0.2) is 17.0 Å². The number of nitrogens with one attached hydrogen (secondary N) is 1. The molecular formula is C8H10ClN3. The highest BCUT2D eigenvalue weighted by Gasteiger charge is 2.14. The molecule has 1 rings (SSSR count). The van der Waals surface area contributed by atoms with Crippen molar-refractivity contribution in [2.24, 2.45) is 0 Å². The quantitative estimate of drug-likeness (QED) is 0.514. The van der Waals surface area contributed by atoms with E-state index in [0.29, 0.717) is 17.2 Å². The van der Waals surface area contributed by atoms with E-state index in [1.165, 1.54) is 0 Å². The number of allylic oxidation sites excluding steroid dienone is 3. The van der Waals surface area contributed by atoms with Crippen LogP contribution in [0.1, 0.15) is 13.3 Å². The van der Waals surface area contributed by atoms with Crippen molar-refractivity contribution in [1.82, 2.24) is 5.32 Å². The first-order chi connectivity index (χ1) is 5.77. The summed E-state index contributed by atoms with van der Waals surface area (Å²) < 4.78 is 0. The molecule has 0 aromatic heterocycles. The minimum Gasteiger partial charge on any atom is -0.384 e. The van der Waals surface area contributed by atoms with Crippen LogP contribution in [0.25, 0.3) is 5.53 Å². The Morgan fingerprint density at radius 1 is 1.67 bits per heavy atom. The predicted molar refractivity (Wildman–Crippen MR) is 48.9 cm³/mol. The molecule has 0 aromatic carbocycles. The van der Waals surface area contributed by atoms with Crippen LogP contribution in [0.5, 0.6) is 0 Å². The third-order valence-electron chi connectivity index (χ3n) is 1.57. The molecular weight excluding hydrogens is 174 g/mol. The van der Waals surface area contributed by atoms with Crippen molar-refractivity contribution in [1.29, 1.82) is 0 Å². The highest BCUT2D eigenvalue weighted by Crippen LogP contribution is 2.17. The van der Waals surface area contributed by atoms with Gasteiger partial charge in [-0.3, -0.25) is 0 Å². The third-order valence-corrected chi connectivity index (χ3v) is 1.90. The van der Waals surface area contributed by atoms with E-state index in [-0.39, 0.29) is 0 Å². The Balaban J connectivity index is 2.80. The van der Waals surface area contributed by atoms with E-state index in [1.807, 2.05) is 13.0 Å². The lowest BCUT2D eigenvalue weighted by Gasteiger charge is -2.08. The number of halogens is 1. The van der Waals surface area contributed by atoms with Gasteiger partial charge in [0.05, 0.1) is 11.5 Å². The van der Waals surface area contributed by atoms with Gasteiger partial charge in [0.25, 0.3) is 5.71 Å². The molecule has 1 N–H and O–H groups in total. The molecule has 1 aliphatic rings. The molecule has 12 heavy (non-hydrogen) atoms. The zero-order valence-electron chi connectivity index (χ0n) is 6.84. The van der Waals surface area contributed by atoms with E-state index in [9.17, 15) is 0 Å². The summed E-state index contributed by atoms with van der Waals surface area (Å²) in [6, 6.07) is 0. The maximum absolute atomic E-state index is 8.46. The summed E-state index contributed by atoms with van der Waals surface area (Å²) in [6.07, 6.45) is 4.05. The van der Waals surface area contributed by atoms with E-state index < -0.39 is 0 Å². The van der Waals surface area contributed by atoms with Crippen molar-refractivity contribution in [3.8, 4) is 0 Å². The summed E-state index contributed by atoms with van der Waals surface area (Å²) >= 11 is 5.91. The maximum atomic E-state index is 8.46. The monoisotopic (exact) mass is 183 g/mol. The van der Waals surface area contributed by atoms with Gasteiger partial charge in [-0.05, 0) is 13.0 Å². The molecule has 0 aromatic rings. The second-order valence-corrected chi connectivity index (χ2v) is 2.91. The van der Waals surface area contributed by atoms with Crippen molar-refractivity contribution in [3.05, 3.63) is 28.4 Å². The SMILES string of the molecule is CCNC1=C(Cl)CC(=[N+]=[N-])C=C1. The fourth-order valence-electron chi connectivity index (χ4n) is 0.997. The van der Waals surface area contributed by atoms with Crippen LogP contribution in [-0.2, 0) is 0 Å². The summed E-state index contributed by atoms with van der Waals surface area (Å²) in [5.74, 6) is 0. The summed E-state index contributed by atoms with van der Waals surface area (Å²) in [4.78, 5) is 3.08. The standard InChI is InChI=1S/C8H10ClN3/c1-2-11-8-4-3-6(12-10)5-7(8)9/h3-4,11H,2,5H2,1H3. The minimum absolute atomic E-state index is 0.497. The van der Waals surface area contributed by atoms with Crippen LogP contribution in [0, 0.1) is 0 Å². The highest BCUT2D eigenvalue weighted by molar-refractivity contribution is 6.32. The molecule has 0 saturated carbocycles. The minimum atomic E-state index is 0.497. The summed E-state index contributed by atoms with van der Waals surface area (Å²) in [6.45, 7) is 2.84. The maximum Gasteiger partial charge on any atom is 0.297 e. The molecule has 0 bridgehead atoms. The smallest absolute Gasteiger partial charge is 0.297 e. The molecule has 0 radical (unpaired) electrons. The number of hydrogen-bond acceptors (Lipinski definition) is 1. The van der Waals surface area contributed by atoms with Crippen molar-refractivity contribution >= 4 is 17.3 Å². The average Bonchev–Trinajstić information content (AvgIpc) is 2.09. The molecule has 0 spiro atoms. The predicted octanol–water partition coefficient (Wildman–Crippen LogP) is 1.68. The highest BCUT2D eigenvalue weighted by atomic mass is 35.5. The van der Waals surface area contributed by atoms with Gasteiger partial charge in [-0.15, -0.1) is 0 Å². The first kappa shape index (κ1) is 9.04. The van der Waals surface area contributed by atoms with Crippen LogP contribution in [0.3, 0.4) is 0 Å². The fraction of sp³-hybridized carbons (Fsp3) is 0.375. The van der Waals surface area contributed by atoms with Crippen LogP contribution < -0.4 is 5.32 Å². The Morgan fingerprint density at radius 3 is 2.92 bits per heavy atom. The first-order valence-corrected chi connectivity index (χ1v) is 4.17. The van der Waals surface area contributed by atoms with Crippen molar-refractivity contribution in [2.45, 2.75) is 13.3 Å². The van der Waals surface area contributed by atoms with Gasteiger partial charge in [0.2, 0.25) is 0 Å². The van der Waals surface area contributed by atoms with Gasteiger partial charge in [0.15, 0.2) is 0 Å². The normalized spacial score (nSPS) is 16.3. The Hall–Kier alpha value is -1.05. The lowest BCUT2D eigenvalue weighted by molar-refractivity contribution is -0.00550. The summed E-state index contributed by atoms with van der Waals surface area (Å²) in [5.41, 5.74) is 9.95. The molecule has 0 aliphatic heterocycles. The molecule has 1 aliphatic carbocycles. The van der Waals surface area contributed by atoms with Crippen LogP contribution in [0.15, 0.2) is 22.9 Å². The van der Waals surface area contributed by atoms with Gasteiger partial charge in [0, 0.05) is 18.3 Å². The molecule has 3 nitrogen and oxygen atoms in total. The Kier molecular flexibility index (Phi) is 3.09. The van der Waals surface area contributed by atoms with Gasteiger partial charge < -0.3 is 10.8 Å². The lowest BCUT2D eigenvalue weighted by Crippen LogP contribution is -2.15. The van der Waals surface area contributed by atoms with E-state index >= 15 is 0 Å². The lowest BCUT2D eigenvalue weighted by atomic mass is 10.1. The number of rotatable bonds is 2. The summed E-state index contributed by atoms with van der Waals surface area (Å²) in [7, 11) is 0. The number of hydrogen-bond donors (Lipinski definition) is 1. The average molecular weight is 184 g/mol. The molecule has 0 atom stereocenters. The van der Waals surface area contributed by atoms with Gasteiger partial charge >= 0.3 is 0 Å². The van der Waals surface area contributed by atoms with E-state index in [1.54, 1.807) is 6.08 Å². The van der Waals surface area contributed by atoms with Crippen LogP contribution in [0.2, 0.25) is 0 Å². The molecule has 4 heteroatoms. The van der Waals surface area contributed by atoms with Crippen molar-refractivity contribution < 1.29 is 4.79 Å². The first-order valence-electron chi connectivity index (χ1n) is 3.79. The molecule has 0 heterocycles. The molecule has 0 amide bonds. The van der Waals surface area contributed by atoms with E-state index in [0.717, 1.165) is 12.2 Å². The van der Waals surface area contributed by atoms with Gasteiger partial charge in [0.1, 0.15) is 0 Å². The number of likely N-dealkylation sites (N-methyl/N-ethyl adjacent to an activating group) is 1. The molecule has 64 valence electrons. The van der Waals surface area contributed by atoms with Gasteiger partial charge in [-0.1, -0.05) is 11.6 Å². The zero-order chi connectivity index (χ0) is 8.97. The largest absolute Gasteiger partial charge is 0.384 e. The Labute approximate surface area is 76.3 Å². The van der Waals surface area contributed by atoms with Crippen molar-refractivity contribution in [2.75, 3.05) is 6.54 Å². The molecule has 0 fully saturated rings. The van der Waals surface area contributed by atoms with Crippen LogP contribution >= 0.6 is 11.6 Å². The molecule has 0 saturated heterocycles. The van der Waals surface area contributed by atoms with Crippen molar-refractivity contribution in [3.63, 3.8) is 0 Å². The Morgan fingerprint density at radius 2 is 2.42 bits per heavy atom.